The van der Waals surface area contributed by atoms with E-state index in [0.717, 1.165) is 18.0 Å². The SMILES string of the molecule is O=c1ccccn1CCOc1ccc(CNC2CC2)nc1. The van der Waals surface area contributed by atoms with Crippen molar-refractivity contribution < 1.29 is 4.74 Å². The molecule has 0 atom stereocenters. The molecule has 0 saturated heterocycles. The van der Waals surface area contributed by atoms with Gasteiger partial charge in [-0.1, -0.05) is 6.07 Å². The normalized spacial score (nSPS) is 14.1. The molecule has 1 saturated carbocycles. The Morgan fingerprint density at radius 1 is 1.29 bits per heavy atom. The fraction of sp³-hybridized carbons (Fsp3) is 0.375. The van der Waals surface area contributed by atoms with Gasteiger partial charge in [0.2, 0.25) is 0 Å². The molecule has 0 amide bonds. The minimum atomic E-state index is -0.0132. The van der Waals surface area contributed by atoms with Crippen LogP contribution in [0.2, 0.25) is 0 Å². The molecular formula is C16H19N3O2. The topological polar surface area (TPSA) is 56.1 Å². The molecule has 5 nitrogen and oxygen atoms in total. The van der Waals surface area contributed by atoms with E-state index < -0.39 is 0 Å². The van der Waals surface area contributed by atoms with Gasteiger partial charge in [0.25, 0.3) is 5.56 Å². The highest BCUT2D eigenvalue weighted by molar-refractivity contribution is 5.19. The highest BCUT2D eigenvalue weighted by atomic mass is 16.5. The second-order valence-corrected chi connectivity index (χ2v) is 5.22. The van der Waals surface area contributed by atoms with E-state index in [2.05, 4.69) is 10.3 Å². The molecule has 0 bridgehead atoms. The Kier molecular flexibility index (Phi) is 4.31. The molecule has 0 radical (unpaired) electrons. The van der Waals surface area contributed by atoms with Gasteiger partial charge in [-0.2, -0.15) is 0 Å². The third-order valence-corrected chi connectivity index (χ3v) is 3.45. The number of hydrogen-bond donors (Lipinski definition) is 1. The number of nitrogens with zero attached hydrogens (tertiary/aromatic N) is 2. The van der Waals surface area contributed by atoms with Crippen LogP contribution in [0, 0.1) is 0 Å². The Morgan fingerprint density at radius 3 is 2.90 bits per heavy atom. The van der Waals surface area contributed by atoms with Gasteiger partial charge < -0.3 is 14.6 Å². The van der Waals surface area contributed by atoms with E-state index in [1.54, 1.807) is 29.1 Å². The van der Waals surface area contributed by atoms with Gasteiger partial charge in [-0.25, -0.2) is 0 Å². The van der Waals surface area contributed by atoms with Gasteiger partial charge in [-0.05, 0) is 31.0 Å². The first-order chi connectivity index (χ1) is 10.3. The molecule has 21 heavy (non-hydrogen) atoms. The molecule has 0 aliphatic heterocycles. The fourth-order valence-electron chi connectivity index (χ4n) is 2.04. The average Bonchev–Trinajstić information content (AvgIpc) is 3.33. The molecule has 1 aliphatic rings. The van der Waals surface area contributed by atoms with Crippen LogP contribution < -0.4 is 15.6 Å². The van der Waals surface area contributed by atoms with Crippen LogP contribution in [0.3, 0.4) is 0 Å². The standard InChI is InChI=1S/C16H19N3O2/c20-16-3-1-2-8-19(16)9-10-21-15-7-6-14(18-12-15)11-17-13-4-5-13/h1-3,6-8,12-13,17H,4-5,9-11H2. The quantitative estimate of drug-likeness (QED) is 0.839. The maximum absolute atomic E-state index is 11.5. The van der Waals surface area contributed by atoms with Crippen molar-refractivity contribution in [3.05, 3.63) is 58.8 Å². The zero-order valence-electron chi connectivity index (χ0n) is 11.9. The first kappa shape index (κ1) is 13.8. The van der Waals surface area contributed by atoms with E-state index >= 15 is 0 Å². The van der Waals surface area contributed by atoms with E-state index in [1.807, 2.05) is 18.2 Å². The number of aromatic nitrogens is 2. The zero-order valence-corrected chi connectivity index (χ0v) is 11.9. The third kappa shape index (κ3) is 4.16. The van der Waals surface area contributed by atoms with Crippen molar-refractivity contribution >= 4 is 0 Å². The van der Waals surface area contributed by atoms with Gasteiger partial charge in [-0.3, -0.25) is 9.78 Å². The Bertz CT molecular complexity index is 632. The van der Waals surface area contributed by atoms with Crippen molar-refractivity contribution in [2.45, 2.75) is 32.0 Å². The number of nitrogens with one attached hydrogen (secondary N) is 1. The lowest BCUT2D eigenvalue weighted by molar-refractivity contribution is 0.295. The summed E-state index contributed by atoms with van der Waals surface area (Å²) >= 11 is 0. The summed E-state index contributed by atoms with van der Waals surface area (Å²) in [7, 11) is 0. The second kappa shape index (κ2) is 6.54. The van der Waals surface area contributed by atoms with E-state index in [4.69, 9.17) is 4.74 Å². The van der Waals surface area contributed by atoms with Gasteiger partial charge in [0.05, 0.1) is 18.4 Å². The predicted octanol–water partition coefficient (Wildman–Crippen LogP) is 1.57. The molecule has 110 valence electrons. The van der Waals surface area contributed by atoms with Gasteiger partial charge in [0.1, 0.15) is 12.4 Å². The Labute approximate surface area is 123 Å². The van der Waals surface area contributed by atoms with Crippen LogP contribution >= 0.6 is 0 Å². The van der Waals surface area contributed by atoms with Crippen LogP contribution in [0.1, 0.15) is 18.5 Å². The lowest BCUT2D eigenvalue weighted by Crippen LogP contribution is -2.21. The van der Waals surface area contributed by atoms with Crippen LogP contribution in [-0.2, 0) is 13.1 Å². The van der Waals surface area contributed by atoms with E-state index in [0.29, 0.717) is 19.2 Å². The first-order valence-electron chi connectivity index (χ1n) is 7.28. The zero-order chi connectivity index (χ0) is 14.5. The maximum atomic E-state index is 11.5. The second-order valence-electron chi connectivity index (χ2n) is 5.22. The summed E-state index contributed by atoms with van der Waals surface area (Å²) < 4.78 is 7.24. The van der Waals surface area contributed by atoms with E-state index in [-0.39, 0.29) is 5.56 Å². The van der Waals surface area contributed by atoms with Crippen molar-refractivity contribution in [2.24, 2.45) is 0 Å². The monoisotopic (exact) mass is 285 g/mol. The molecule has 0 spiro atoms. The summed E-state index contributed by atoms with van der Waals surface area (Å²) in [5, 5.41) is 3.42. The molecule has 1 N–H and O–H groups in total. The minimum absolute atomic E-state index is 0.0132. The molecule has 0 unspecified atom stereocenters. The van der Waals surface area contributed by atoms with Crippen molar-refractivity contribution in [1.82, 2.24) is 14.9 Å². The molecule has 2 heterocycles. The highest BCUT2D eigenvalue weighted by Gasteiger charge is 2.19. The fourth-order valence-corrected chi connectivity index (χ4v) is 2.04. The maximum Gasteiger partial charge on any atom is 0.250 e. The lowest BCUT2D eigenvalue weighted by Gasteiger charge is -2.08. The number of rotatable bonds is 7. The molecule has 0 aromatic carbocycles. The number of hydrogen-bond acceptors (Lipinski definition) is 4. The van der Waals surface area contributed by atoms with Crippen LogP contribution in [0.5, 0.6) is 5.75 Å². The summed E-state index contributed by atoms with van der Waals surface area (Å²) in [6.07, 6.45) is 6.05. The summed E-state index contributed by atoms with van der Waals surface area (Å²) in [6.45, 7) is 1.79. The summed E-state index contributed by atoms with van der Waals surface area (Å²) in [5.74, 6) is 0.731. The summed E-state index contributed by atoms with van der Waals surface area (Å²) in [4.78, 5) is 15.9. The molecule has 1 aliphatic carbocycles. The first-order valence-corrected chi connectivity index (χ1v) is 7.28. The van der Waals surface area contributed by atoms with Crippen LogP contribution in [0.4, 0.5) is 0 Å². The molecule has 1 fully saturated rings. The molecule has 2 aromatic rings. The van der Waals surface area contributed by atoms with Crippen molar-refractivity contribution in [1.29, 1.82) is 0 Å². The van der Waals surface area contributed by atoms with E-state index in [9.17, 15) is 4.79 Å². The molecule has 2 aromatic heterocycles. The van der Waals surface area contributed by atoms with Crippen molar-refractivity contribution in [3.8, 4) is 5.75 Å². The lowest BCUT2D eigenvalue weighted by atomic mass is 10.3. The molecule has 5 heteroatoms. The predicted molar refractivity (Wildman–Crippen MR) is 80.3 cm³/mol. The smallest absolute Gasteiger partial charge is 0.250 e. The summed E-state index contributed by atoms with van der Waals surface area (Å²) in [5.41, 5.74) is 1.01. The van der Waals surface area contributed by atoms with Crippen LogP contribution in [0.25, 0.3) is 0 Å². The van der Waals surface area contributed by atoms with Gasteiger partial charge in [-0.15, -0.1) is 0 Å². The largest absolute Gasteiger partial charge is 0.490 e. The number of ether oxygens (including phenoxy) is 1. The van der Waals surface area contributed by atoms with Crippen LogP contribution in [-0.4, -0.2) is 22.2 Å². The van der Waals surface area contributed by atoms with E-state index in [1.165, 1.54) is 12.8 Å². The van der Waals surface area contributed by atoms with Gasteiger partial charge >= 0.3 is 0 Å². The Hall–Kier alpha value is -2.14. The van der Waals surface area contributed by atoms with Crippen LogP contribution in [0.15, 0.2) is 47.5 Å². The average molecular weight is 285 g/mol. The third-order valence-electron chi connectivity index (χ3n) is 3.45. The summed E-state index contributed by atoms with van der Waals surface area (Å²) in [6, 6.07) is 9.70. The Morgan fingerprint density at radius 2 is 2.19 bits per heavy atom. The van der Waals surface area contributed by atoms with Crippen molar-refractivity contribution in [2.75, 3.05) is 6.61 Å². The van der Waals surface area contributed by atoms with Gasteiger partial charge in [0, 0.05) is 24.8 Å². The van der Waals surface area contributed by atoms with Crippen molar-refractivity contribution in [3.63, 3.8) is 0 Å². The van der Waals surface area contributed by atoms with Gasteiger partial charge in [0.15, 0.2) is 0 Å². The minimum Gasteiger partial charge on any atom is -0.490 e. The highest BCUT2D eigenvalue weighted by Crippen LogP contribution is 2.19. The molecular weight excluding hydrogens is 266 g/mol. The number of pyridine rings is 2. The molecule has 3 rings (SSSR count). The Balaban J connectivity index is 1.46.